The zero-order valence-electron chi connectivity index (χ0n) is 11.5. The first-order valence-corrected chi connectivity index (χ1v) is 6.80. The molecule has 0 saturated carbocycles. The van der Waals surface area contributed by atoms with Crippen molar-refractivity contribution in [2.45, 2.75) is 32.7 Å². The lowest BCUT2D eigenvalue weighted by molar-refractivity contribution is 0.0569. The number of nitrogens with two attached hydrogens (primary N) is 1. The number of amides is 1. The Kier molecular flexibility index (Phi) is 4.20. The Morgan fingerprint density at radius 1 is 1.53 bits per heavy atom. The van der Waals surface area contributed by atoms with E-state index in [0.29, 0.717) is 19.0 Å². The van der Waals surface area contributed by atoms with Crippen molar-refractivity contribution >= 4 is 5.91 Å². The number of hydrogen-bond donors (Lipinski definition) is 1. The molecule has 2 atom stereocenters. The van der Waals surface area contributed by atoms with Gasteiger partial charge >= 0.3 is 0 Å². The Morgan fingerprint density at radius 2 is 2.26 bits per heavy atom. The standard InChI is InChI=1S/C15H21FN2O/c1-10-3-4-14(16)13(8-10)15(19)18-6-5-11(2)7-12(18)9-17/h3-4,8,11-12H,5-7,9,17H2,1-2H3. The maximum absolute atomic E-state index is 13.8. The van der Waals surface area contributed by atoms with Gasteiger partial charge in [-0.25, -0.2) is 4.39 Å². The molecule has 1 aromatic carbocycles. The Morgan fingerprint density at radius 3 is 2.95 bits per heavy atom. The molecule has 1 aliphatic rings. The van der Waals surface area contributed by atoms with Crippen LogP contribution in [-0.4, -0.2) is 29.9 Å². The van der Waals surface area contributed by atoms with Crippen molar-refractivity contribution < 1.29 is 9.18 Å². The van der Waals surface area contributed by atoms with Crippen LogP contribution in [0.1, 0.15) is 35.7 Å². The van der Waals surface area contributed by atoms with Crippen molar-refractivity contribution in [3.8, 4) is 0 Å². The maximum Gasteiger partial charge on any atom is 0.257 e. The van der Waals surface area contributed by atoms with E-state index in [1.807, 2.05) is 6.92 Å². The molecule has 1 heterocycles. The smallest absolute Gasteiger partial charge is 0.257 e. The van der Waals surface area contributed by atoms with Crippen LogP contribution in [0.4, 0.5) is 4.39 Å². The topological polar surface area (TPSA) is 46.3 Å². The van der Waals surface area contributed by atoms with E-state index in [9.17, 15) is 9.18 Å². The first kappa shape index (κ1) is 14.0. The van der Waals surface area contributed by atoms with Crippen molar-refractivity contribution in [3.05, 3.63) is 35.1 Å². The summed E-state index contributed by atoms with van der Waals surface area (Å²) in [7, 11) is 0. The van der Waals surface area contributed by atoms with Crippen LogP contribution < -0.4 is 5.73 Å². The predicted molar refractivity (Wildman–Crippen MR) is 73.4 cm³/mol. The third-order valence-corrected chi connectivity index (χ3v) is 3.86. The second kappa shape index (κ2) is 5.70. The number of rotatable bonds is 2. The molecule has 0 radical (unpaired) electrons. The van der Waals surface area contributed by atoms with E-state index in [1.54, 1.807) is 17.0 Å². The van der Waals surface area contributed by atoms with Gasteiger partial charge in [0.1, 0.15) is 5.82 Å². The Labute approximate surface area is 113 Å². The van der Waals surface area contributed by atoms with Crippen LogP contribution >= 0.6 is 0 Å². The van der Waals surface area contributed by atoms with Gasteiger partial charge in [0, 0.05) is 19.1 Å². The summed E-state index contributed by atoms with van der Waals surface area (Å²) in [5.74, 6) is -0.117. The highest BCUT2D eigenvalue weighted by Crippen LogP contribution is 2.24. The molecule has 1 aromatic rings. The van der Waals surface area contributed by atoms with Gasteiger partial charge < -0.3 is 10.6 Å². The number of hydrogen-bond acceptors (Lipinski definition) is 2. The zero-order valence-corrected chi connectivity index (χ0v) is 11.5. The molecule has 0 spiro atoms. The minimum Gasteiger partial charge on any atom is -0.334 e. The summed E-state index contributed by atoms with van der Waals surface area (Å²) in [5.41, 5.74) is 6.80. The molecule has 3 nitrogen and oxygen atoms in total. The summed E-state index contributed by atoms with van der Waals surface area (Å²) < 4.78 is 13.8. The van der Waals surface area contributed by atoms with E-state index in [4.69, 9.17) is 5.73 Å². The van der Waals surface area contributed by atoms with Crippen molar-refractivity contribution in [1.82, 2.24) is 4.90 Å². The van der Waals surface area contributed by atoms with E-state index in [-0.39, 0.29) is 17.5 Å². The fraction of sp³-hybridized carbons (Fsp3) is 0.533. The SMILES string of the molecule is Cc1ccc(F)c(C(=O)N2CCC(C)CC2CN)c1. The molecule has 2 N–H and O–H groups in total. The summed E-state index contributed by atoms with van der Waals surface area (Å²) in [6.45, 7) is 5.12. The molecule has 1 saturated heterocycles. The van der Waals surface area contributed by atoms with Crippen LogP contribution in [0, 0.1) is 18.7 Å². The third-order valence-electron chi connectivity index (χ3n) is 3.86. The highest BCUT2D eigenvalue weighted by atomic mass is 19.1. The molecule has 0 aromatic heterocycles. The summed E-state index contributed by atoms with van der Waals surface area (Å²) in [4.78, 5) is 14.2. The van der Waals surface area contributed by atoms with Gasteiger partial charge in [-0.05, 0) is 37.8 Å². The molecular formula is C15H21FN2O. The number of piperidine rings is 1. The van der Waals surface area contributed by atoms with Crippen molar-refractivity contribution in [3.63, 3.8) is 0 Å². The van der Waals surface area contributed by atoms with Crippen LogP contribution in [0.15, 0.2) is 18.2 Å². The highest BCUT2D eigenvalue weighted by Gasteiger charge is 2.30. The number of aryl methyl sites for hydroxylation is 1. The lowest BCUT2D eigenvalue weighted by Crippen LogP contribution is -2.49. The van der Waals surface area contributed by atoms with Crippen molar-refractivity contribution in [2.75, 3.05) is 13.1 Å². The fourth-order valence-corrected chi connectivity index (χ4v) is 2.70. The van der Waals surface area contributed by atoms with Crippen LogP contribution in [0.25, 0.3) is 0 Å². The minimum absolute atomic E-state index is 0.0242. The number of halogens is 1. The molecule has 0 aliphatic carbocycles. The Hall–Kier alpha value is -1.42. The maximum atomic E-state index is 13.8. The van der Waals surface area contributed by atoms with Gasteiger partial charge in [-0.3, -0.25) is 4.79 Å². The van der Waals surface area contributed by atoms with E-state index >= 15 is 0 Å². The van der Waals surface area contributed by atoms with E-state index in [2.05, 4.69) is 6.92 Å². The zero-order chi connectivity index (χ0) is 14.0. The number of benzene rings is 1. The summed E-state index contributed by atoms with van der Waals surface area (Å²) in [6.07, 6.45) is 1.85. The van der Waals surface area contributed by atoms with E-state index < -0.39 is 5.82 Å². The number of nitrogens with zero attached hydrogens (tertiary/aromatic N) is 1. The lowest BCUT2D eigenvalue weighted by Gasteiger charge is -2.38. The van der Waals surface area contributed by atoms with Crippen LogP contribution in [0.3, 0.4) is 0 Å². The van der Waals surface area contributed by atoms with Crippen molar-refractivity contribution in [1.29, 1.82) is 0 Å². The normalized spacial score (nSPS) is 23.5. The van der Waals surface area contributed by atoms with Crippen molar-refractivity contribution in [2.24, 2.45) is 11.7 Å². The van der Waals surface area contributed by atoms with Gasteiger partial charge in [-0.2, -0.15) is 0 Å². The molecule has 1 fully saturated rings. The van der Waals surface area contributed by atoms with Crippen LogP contribution in [-0.2, 0) is 0 Å². The Bertz CT molecular complexity index is 475. The third kappa shape index (κ3) is 2.95. The predicted octanol–water partition coefficient (Wildman–Crippen LogP) is 2.33. The molecule has 19 heavy (non-hydrogen) atoms. The quantitative estimate of drug-likeness (QED) is 0.891. The summed E-state index contributed by atoms with van der Waals surface area (Å²) >= 11 is 0. The molecule has 2 unspecified atom stereocenters. The van der Waals surface area contributed by atoms with Crippen LogP contribution in [0.2, 0.25) is 0 Å². The lowest BCUT2D eigenvalue weighted by atomic mass is 9.91. The van der Waals surface area contributed by atoms with Gasteiger partial charge in [0.15, 0.2) is 0 Å². The average Bonchev–Trinajstić information content (AvgIpc) is 2.40. The largest absolute Gasteiger partial charge is 0.334 e. The molecule has 1 amide bonds. The van der Waals surface area contributed by atoms with Crippen LogP contribution in [0.5, 0.6) is 0 Å². The molecule has 4 heteroatoms. The summed E-state index contributed by atoms with van der Waals surface area (Å²) in [5, 5.41) is 0. The Balaban J connectivity index is 2.25. The van der Waals surface area contributed by atoms with Gasteiger partial charge in [-0.1, -0.05) is 18.6 Å². The molecule has 1 aliphatic heterocycles. The molecule has 2 rings (SSSR count). The van der Waals surface area contributed by atoms with Gasteiger partial charge in [0.05, 0.1) is 5.56 Å². The summed E-state index contributed by atoms with van der Waals surface area (Å²) in [6, 6.07) is 4.66. The second-order valence-electron chi connectivity index (χ2n) is 5.50. The van der Waals surface area contributed by atoms with Gasteiger partial charge in [0.2, 0.25) is 0 Å². The minimum atomic E-state index is -0.454. The van der Waals surface area contributed by atoms with Gasteiger partial charge in [-0.15, -0.1) is 0 Å². The van der Waals surface area contributed by atoms with E-state index in [1.165, 1.54) is 6.07 Å². The molecule has 104 valence electrons. The van der Waals surface area contributed by atoms with E-state index in [0.717, 1.165) is 18.4 Å². The number of likely N-dealkylation sites (tertiary alicyclic amines) is 1. The average molecular weight is 264 g/mol. The number of carbonyl (C=O) groups is 1. The fourth-order valence-electron chi connectivity index (χ4n) is 2.70. The molecular weight excluding hydrogens is 243 g/mol. The van der Waals surface area contributed by atoms with Gasteiger partial charge in [0.25, 0.3) is 5.91 Å². The first-order chi connectivity index (χ1) is 9.02. The highest BCUT2D eigenvalue weighted by molar-refractivity contribution is 5.95. The monoisotopic (exact) mass is 264 g/mol. The first-order valence-electron chi connectivity index (χ1n) is 6.80. The molecule has 0 bridgehead atoms. The second-order valence-corrected chi connectivity index (χ2v) is 5.50. The number of carbonyl (C=O) groups excluding carboxylic acids is 1.